The average Bonchev–Trinajstić information content (AvgIpc) is 3.51. The molecule has 14 heteroatoms. The first-order chi connectivity index (χ1) is 17.8. The number of thiophene rings is 1. The monoisotopic (exact) mass is 559 g/mol. The number of aryl methyl sites for hydroxylation is 1. The quantitative estimate of drug-likeness (QED) is 0.163. The van der Waals surface area contributed by atoms with Gasteiger partial charge < -0.3 is 21.0 Å². The second-order valence-corrected chi connectivity index (χ2v) is 11.4. The van der Waals surface area contributed by atoms with Gasteiger partial charge in [-0.05, 0) is 18.6 Å². The van der Waals surface area contributed by atoms with Gasteiger partial charge in [0.2, 0.25) is 0 Å². The fraction of sp³-hybridized carbons (Fsp3) is 0.304. The van der Waals surface area contributed by atoms with Gasteiger partial charge >= 0.3 is 5.97 Å². The van der Waals surface area contributed by atoms with E-state index in [2.05, 4.69) is 28.4 Å². The number of fused-ring (bicyclic) bond motifs is 2. The number of hydrogen-bond acceptors (Lipinski definition) is 10. The first-order valence-electron chi connectivity index (χ1n) is 11.3. The Bertz CT molecular complexity index is 1480. The number of nitrogen functional groups attached to an aromatic ring is 1. The number of carboxylic acids is 1. The molecule has 0 bridgehead atoms. The highest BCUT2D eigenvalue weighted by Gasteiger charge is 2.54. The van der Waals surface area contributed by atoms with Crippen LogP contribution in [0.5, 0.6) is 0 Å². The Morgan fingerprint density at radius 1 is 1.43 bits per heavy atom. The van der Waals surface area contributed by atoms with Gasteiger partial charge in [-0.2, -0.15) is 4.57 Å². The highest BCUT2D eigenvalue weighted by atomic mass is 32.2. The number of oxime groups is 1. The van der Waals surface area contributed by atoms with Crippen molar-refractivity contribution in [3.05, 3.63) is 51.6 Å². The van der Waals surface area contributed by atoms with E-state index in [1.807, 2.05) is 22.9 Å². The van der Waals surface area contributed by atoms with Gasteiger partial charge in [-0.25, -0.2) is 9.78 Å². The third-order valence-electron chi connectivity index (χ3n) is 6.00. The van der Waals surface area contributed by atoms with Crippen molar-refractivity contribution in [1.82, 2.24) is 15.2 Å². The molecule has 3 aromatic rings. The third-order valence-corrected chi connectivity index (χ3v) is 9.35. The Morgan fingerprint density at radius 2 is 2.24 bits per heavy atom. The van der Waals surface area contributed by atoms with E-state index < -0.39 is 29.2 Å². The molecule has 1 unspecified atom stereocenters. The molecule has 0 saturated carbocycles. The molecule has 2 amide bonds. The molecule has 37 heavy (non-hydrogen) atoms. The van der Waals surface area contributed by atoms with Crippen molar-refractivity contribution < 1.29 is 28.9 Å². The number of carbonyl (C=O) groups excluding carboxylic acids is 2. The highest BCUT2D eigenvalue weighted by Crippen LogP contribution is 2.40. The van der Waals surface area contributed by atoms with Crippen LogP contribution < -0.4 is 15.6 Å². The fourth-order valence-electron chi connectivity index (χ4n) is 4.32. The van der Waals surface area contributed by atoms with E-state index in [4.69, 9.17) is 10.6 Å². The number of nitrogens with two attached hydrogens (primary N) is 1. The lowest BCUT2D eigenvalue weighted by Crippen LogP contribution is -2.71. The van der Waals surface area contributed by atoms with Gasteiger partial charge in [-0.15, -0.1) is 23.1 Å². The summed E-state index contributed by atoms with van der Waals surface area (Å²) in [4.78, 5) is 50.7. The lowest BCUT2D eigenvalue weighted by molar-refractivity contribution is -0.661. The molecule has 0 spiro atoms. The van der Waals surface area contributed by atoms with Crippen LogP contribution >= 0.6 is 34.4 Å². The number of anilines is 1. The molecule has 2 aliphatic heterocycles. The van der Waals surface area contributed by atoms with Crippen LogP contribution in [0.4, 0.5) is 5.13 Å². The number of nitrogens with one attached hydrogen (secondary N) is 1. The zero-order valence-corrected chi connectivity index (χ0v) is 22.3. The molecule has 0 aliphatic carbocycles. The first-order valence-corrected chi connectivity index (χ1v) is 14.0. The largest absolute Gasteiger partial charge is 0.477 e. The summed E-state index contributed by atoms with van der Waals surface area (Å²) in [5.74, 6) is -1.93. The van der Waals surface area contributed by atoms with Crippen LogP contribution in [0.25, 0.3) is 10.2 Å². The number of hydrogen-bond donors (Lipinski definition) is 3. The van der Waals surface area contributed by atoms with E-state index in [0.29, 0.717) is 17.9 Å². The van der Waals surface area contributed by atoms with E-state index in [1.54, 1.807) is 16.7 Å². The second-order valence-electron chi connectivity index (χ2n) is 8.27. The Kier molecular flexibility index (Phi) is 6.88. The van der Waals surface area contributed by atoms with Crippen LogP contribution in [0.1, 0.15) is 17.5 Å². The minimum atomic E-state index is -1.17. The number of amides is 2. The second kappa shape index (κ2) is 10.1. The molecule has 3 aromatic heterocycles. The van der Waals surface area contributed by atoms with Crippen molar-refractivity contribution in [1.29, 1.82) is 0 Å². The summed E-state index contributed by atoms with van der Waals surface area (Å²) in [5, 5.41) is 18.8. The summed E-state index contributed by atoms with van der Waals surface area (Å²) in [5.41, 5.74) is 6.37. The SMILES string of the molecule is CCc1cc2ccc[n+](CC3=C(C(=O)O)N4C(=O)C(NC(=O)C(=NOC)c5csc(N)n5)[C@H]4SC3)c2s1. The number of aliphatic carboxylic acids is 1. The predicted octanol–water partition coefficient (Wildman–Crippen LogP) is 1.58. The van der Waals surface area contributed by atoms with Crippen molar-refractivity contribution in [2.75, 3.05) is 18.6 Å². The van der Waals surface area contributed by atoms with Crippen LogP contribution in [-0.2, 0) is 32.2 Å². The topological polar surface area (TPSA) is 151 Å². The van der Waals surface area contributed by atoms with E-state index >= 15 is 0 Å². The number of carboxylic acid groups (broad SMARTS) is 1. The third kappa shape index (κ3) is 4.55. The summed E-state index contributed by atoms with van der Waals surface area (Å²) >= 11 is 4.23. The number of thioether (sulfide) groups is 1. The van der Waals surface area contributed by atoms with Gasteiger partial charge in [-0.3, -0.25) is 14.5 Å². The number of β-lactam (4-membered cyclic amide) rings is 1. The van der Waals surface area contributed by atoms with Gasteiger partial charge in [0, 0.05) is 27.6 Å². The van der Waals surface area contributed by atoms with Gasteiger partial charge in [0.15, 0.2) is 23.6 Å². The maximum Gasteiger partial charge on any atom is 0.352 e. The first kappa shape index (κ1) is 25.2. The van der Waals surface area contributed by atoms with Crippen LogP contribution in [0.2, 0.25) is 0 Å². The predicted molar refractivity (Wildman–Crippen MR) is 141 cm³/mol. The van der Waals surface area contributed by atoms with E-state index in [1.165, 1.54) is 28.6 Å². The summed E-state index contributed by atoms with van der Waals surface area (Å²) < 4.78 is 2.02. The molecule has 11 nitrogen and oxygen atoms in total. The number of pyridine rings is 1. The van der Waals surface area contributed by atoms with Crippen molar-refractivity contribution in [2.24, 2.45) is 5.16 Å². The van der Waals surface area contributed by atoms with Crippen LogP contribution in [0.15, 0.2) is 46.2 Å². The number of thiazole rings is 1. The molecule has 5 rings (SSSR count). The molecule has 2 atom stereocenters. The Balaban J connectivity index is 1.38. The number of aromatic nitrogens is 2. The van der Waals surface area contributed by atoms with E-state index in [9.17, 15) is 19.5 Å². The van der Waals surface area contributed by atoms with Gasteiger partial charge in [0.05, 0.1) is 5.39 Å². The smallest absolute Gasteiger partial charge is 0.352 e. The van der Waals surface area contributed by atoms with E-state index in [0.717, 1.165) is 28.0 Å². The zero-order chi connectivity index (χ0) is 26.3. The summed E-state index contributed by atoms with van der Waals surface area (Å²) in [6.45, 7) is 2.44. The number of rotatable bonds is 8. The Morgan fingerprint density at radius 3 is 2.92 bits per heavy atom. The molecule has 4 N–H and O–H groups in total. The molecular formula is C23H23N6O5S3+. The van der Waals surface area contributed by atoms with Gasteiger partial charge in [0.25, 0.3) is 16.6 Å². The molecule has 1 saturated heterocycles. The van der Waals surface area contributed by atoms with Crippen LogP contribution in [0.3, 0.4) is 0 Å². The minimum Gasteiger partial charge on any atom is -0.477 e. The highest BCUT2D eigenvalue weighted by molar-refractivity contribution is 8.00. The summed E-state index contributed by atoms with van der Waals surface area (Å²) in [6.07, 6.45) is 2.84. The average molecular weight is 560 g/mol. The Hall–Kier alpha value is -3.49. The standard InChI is InChI=1S/C23H22N6O5S3/c1-3-13-7-11-5-4-6-28(20(11)37-13)8-12-9-35-21-16(19(31)29(21)17(12)22(32)33)26-18(30)15(27-34-2)14-10-36-23(24)25-14/h4-7,10,16,21H,3,8-9H2,1-2H3,(H3-,24,25,26,30,32,33)/p+1/t16?,21-/m1/s1. The van der Waals surface area contributed by atoms with Crippen molar-refractivity contribution >= 4 is 73.3 Å². The Labute approximate surface area is 223 Å². The molecule has 0 radical (unpaired) electrons. The molecule has 2 aliphatic rings. The van der Waals surface area contributed by atoms with Crippen molar-refractivity contribution in [3.8, 4) is 0 Å². The number of carbonyl (C=O) groups is 3. The summed E-state index contributed by atoms with van der Waals surface area (Å²) in [6, 6.07) is 5.20. The number of nitrogens with zero attached hydrogens (tertiary/aromatic N) is 4. The van der Waals surface area contributed by atoms with E-state index in [-0.39, 0.29) is 22.2 Å². The fourth-order valence-corrected chi connectivity index (χ4v) is 7.27. The van der Waals surface area contributed by atoms with Crippen molar-refractivity contribution in [3.63, 3.8) is 0 Å². The lowest BCUT2D eigenvalue weighted by atomic mass is 10.0. The maximum atomic E-state index is 13.1. The molecule has 192 valence electrons. The zero-order valence-electron chi connectivity index (χ0n) is 19.8. The molecular weight excluding hydrogens is 536 g/mol. The van der Waals surface area contributed by atoms with Gasteiger partial charge in [0.1, 0.15) is 29.9 Å². The summed E-state index contributed by atoms with van der Waals surface area (Å²) in [7, 11) is 1.29. The maximum absolute atomic E-state index is 13.1. The van der Waals surface area contributed by atoms with Gasteiger partial charge in [-0.1, -0.05) is 23.4 Å². The minimum absolute atomic E-state index is 0.0333. The molecule has 1 fully saturated rings. The molecule has 0 aromatic carbocycles. The van der Waals surface area contributed by atoms with Crippen LogP contribution in [0, 0.1) is 0 Å². The molecule has 5 heterocycles. The van der Waals surface area contributed by atoms with Crippen molar-refractivity contribution in [2.45, 2.75) is 31.3 Å². The lowest BCUT2D eigenvalue weighted by Gasteiger charge is -2.49. The van der Waals surface area contributed by atoms with Crippen LogP contribution in [-0.4, -0.2) is 62.8 Å². The normalized spacial score (nSPS) is 19.6.